The van der Waals surface area contributed by atoms with E-state index in [9.17, 15) is 18.0 Å². The Kier molecular flexibility index (Phi) is 11.0. The molecular weight excluding hydrogens is 617 g/mol. The summed E-state index contributed by atoms with van der Waals surface area (Å²) >= 11 is 19.3. The minimum Gasteiger partial charge on any atom is -0.350 e. The molecule has 0 aliphatic rings. The van der Waals surface area contributed by atoms with Crippen molar-refractivity contribution in [2.24, 2.45) is 0 Å². The number of hydrogen-bond acceptors (Lipinski definition) is 4. The molecule has 0 heterocycles. The largest absolute Gasteiger partial charge is 0.350 e. The number of nitrogens with one attached hydrogen (secondary N) is 1. The number of carbonyl (C=O) groups excluding carboxylic acids is 2. The van der Waals surface area contributed by atoms with E-state index in [1.54, 1.807) is 56.3 Å². The summed E-state index contributed by atoms with van der Waals surface area (Å²) in [6.07, 6.45) is 0.261. The molecule has 42 heavy (non-hydrogen) atoms. The molecule has 0 saturated heterocycles. The fourth-order valence-corrected chi connectivity index (χ4v) is 6.43. The molecule has 1 N–H and O–H groups in total. The second-order valence-electron chi connectivity index (χ2n) is 11.1. The zero-order valence-electron chi connectivity index (χ0n) is 24.5. The summed E-state index contributed by atoms with van der Waals surface area (Å²) in [6, 6.07) is 15.2. The minimum atomic E-state index is -4.23. The van der Waals surface area contributed by atoms with Crippen molar-refractivity contribution in [1.29, 1.82) is 0 Å². The summed E-state index contributed by atoms with van der Waals surface area (Å²) in [4.78, 5) is 29.0. The highest BCUT2D eigenvalue weighted by Gasteiger charge is 2.35. The zero-order chi connectivity index (χ0) is 31.4. The van der Waals surface area contributed by atoms with E-state index in [1.807, 2.05) is 27.7 Å². The van der Waals surface area contributed by atoms with E-state index in [0.717, 1.165) is 15.4 Å². The van der Waals surface area contributed by atoms with Crippen LogP contribution in [0.2, 0.25) is 15.1 Å². The predicted octanol–water partition coefficient (Wildman–Crippen LogP) is 7.18. The molecule has 3 aromatic rings. The first-order valence-corrected chi connectivity index (χ1v) is 16.0. The summed E-state index contributed by atoms with van der Waals surface area (Å²) in [6.45, 7) is 10.2. The first kappa shape index (κ1) is 33.7. The van der Waals surface area contributed by atoms with Gasteiger partial charge in [0.1, 0.15) is 12.6 Å². The molecular formula is C31H36Cl3N3O4S. The molecule has 0 saturated carbocycles. The quantitative estimate of drug-likeness (QED) is 0.251. The average Bonchev–Trinajstić information content (AvgIpc) is 2.89. The van der Waals surface area contributed by atoms with Gasteiger partial charge in [-0.05, 0) is 83.0 Å². The number of rotatable bonds is 10. The molecule has 11 heteroatoms. The number of benzene rings is 3. The number of nitrogens with zero attached hydrogens (tertiary/aromatic N) is 2. The molecule has 3 rings (SSSR count). The molecule has 0 aliphatic carbocycles. The lowest BCUT2D eigenvalue weighted by atomic mass is 10.1. The summed E-state index contributed by atoms with van der Waals surface area (Å²) in [5.41, 5.74) is 1.72. The highest BCUT2D eigenvalue weighted by molar-refractivity contribution is 7.92. The van der Waals surface area contributed by atoms with Gasteiger partial charge in [-0.15, -0.1) is 0 Å². The van der Waals surface area contributed by atoms with Gasteiger partial charge in [-0.3, -0.25) is 13.9 Å². The summed E-state index contributed by atoms with van der Waals surface area (Å²) in [5.74, 6) is -0.998. The van der Waals surface area contributed by atoms with Crippen molar-refractivity contribution in [1.82, 2.24) is 10.2 Å². The second-order valence-corrected chi connectivity index (χ2v) is 14.2. The lowest BCUT2D eigenvalue weighted by Crippen LogP contribution is -2.55. The van der Waals surface area contributed by atoms with Crippen LogP contribution in [0.5, 0.6) is 0 Å². The highest BCUT2D eigenvalue weighted by atomic mass is 35.5. The van der Waals surface area contributed by atoms with Gasteiger partial charge >= 0.3 is 0 Å². The Morgan fingerprint density at radius 3 is 2.02 bits per heavy atom. The van der Waals surface area contributed by atoms with Gasteiger partial charge in [0.15, 0.2) is 0 Å². The zero-order valence-corrected chi connectivity index (χ0v) is 27.6. The van der Waals surface area contributed by atoms with Crippen molar-refractivity contribution < 1.29 is 18.0 Å². The van der Waals surface area contributed by atoms with Gasteiger partial charge in [-0.1, -0.05) is 71.6 Å². The first-order valence-electron chi connectivity index (χ1n) is 13.4. The number of anilines is 1. The summed E-state index contributed by atoms with van der Waals surface area (Å²) in [5, 5.41) is 3.92. The van der Waals surface area contributed by atoms with E-state index in [1.165, 1.54) is 23.1 Å². The number of aryl methyl sites for hydroxylation is 2. The van der Waals surface area contributed by atoms with Crippen LogP contribution in [0.1, 0.15) is 50.8 Å². The van der Waals surface area contributed by atoms with Crippen LogP contribution in [0.4, 0.5) is 5.69 Å². The van der Waals surface area contributed by atoms with Gasteiger partial charge < -0.3 is 10.2 Å². The summed E-state index contributed by atoms with van der Waals surface area (Å²) in [7, 11) is -4.23. The molecule has 0 radical (unpaired) electrons. The minimum absolute atomic E-state index is 0.0100. The van der Waals surface area contributed by atoms with Crippen LogP contribution < -0.4 is 9.62 Å². The second kappa shape index (κ2) is 13.7. The van der Waals surface area contributed by atoms with E-state index >= 15 is 0 Å². The monoisotopic (exact) mass is 651 g/mol. The Bertz CT molecular complexity index is 1530. The molecule has 7 nitrogen and oxygen atoms in total. The SMILES string of the molecule is CC[C@H](C(=O)NC(C)(C)C)N(Cc1c(Cl)cccc1Cl)C(=O)CN(c1ccc(C)c(Cl)c1)S(=O)(=O)c1ccc(C)cc1. The Labute approximate surface area is 263 Å². The molecule has 2 amide bonds. The van der Waals surface area contributed by atoms with Crippen molar-refractivity contribution >= 4 is 62.3 Å². The molecule has 0 fully saturated rings. The summed E-state index contributed by atoms with van der Waals surface area (Å²) < 4.78 is 29.0. The third kappa shape index (κ3) is 8.19. The van der Waals surface area contributed by atoms with Crippen LogP contribution in [0.15, 0.2) is 65.6 Å². The van der Waals surface area contributed by atoms with Crippen molar-refractivity contribution in [3.05, 3.63) is 92.4 Å². The Hall–Kier alpha value is -2.78. The fourth-order valence-electron chi connectivity index (χ4n) is 4.33. The maximum absolute atomic E-state index is 14.2. The topological polar surface area (TPSA) is 86.8 Å². The molecule has 226 valence electrons. The van der Waals surface area contributed by atoms with Crippen molar-refractivity contribution in [2.45, 2.75) is 71.0 Å². The van der Waals surface area contributed by atoms with E-state index < -0.39 is 34.1 Å². The highest BCUT2D eigenvalue weighted by Crippen LogP contribution is 2.30. The predicted molar refractivity (Wildman–Crippen MR) is 171 cm³/mol. The molecule has 0 aliphatic heterocycles. The van der Waals surface area contributed by atoms with Crippen LogP contribution in [0.25, 0.3) is 0 Å². The molecule has 0 spiro atoms. The van der Waals surface area contributed by atoms with Crippen LogP contribution in [0.3, 0.4) is 0 Å². The van der Waals surface area contributed by atoms with Gasteiger partial charge in [0.05, 0.1) is 10.6 Å². The Morgan fingerprint density at radius 2 is 1.50 bits per heavy atom. The van der Waals surface area contributed by atoms with Gasteiger partial charge in [-0.2, -0.15) is 0 Å². The van der Waals surface area contributed by atoms with Crippen molar-refractivity contribution in [3.8, 4) is 0 Å². The van der Waals surface area contributed by atoms with Crippen molar-refractivity contribution in [3.63, 3.8) is 0 Å². The van der Waals surface area contributed by atoms with Crippen molar-refractivity contribution in [2.75, 3.05) is 10.8 Å². The van der Waals surface area contributed by atoms with Crippen LogP contribution in [0, 0.1) is 13.8 Å². The number of carbonyl (C=O) groups is 2. The average molecular weight is 653 g/mol. The number of sulfonamides is 1. The van der Waals surface area contributed by atoms with E-state index in [0.29, 0.717) is 20.6 Å². The van der Waals surface area contributed by atoms with Crippen LogP contribution in [-0.4, -0.2) is 43.3 Å². The van der Waals surface area contributed by atoms with E-state index in [-0.39, 0.29) is 29.5 Å². The molecule has 3 aromatic carbocycles. The van der Waals surface area contributed by atoms with E-state index in [2.05, 4.69) is 5.32 Å². The maximum Gasteiger partial charge on any atom is 0.264 e. The maximum atomic E-state index is 14.2. The number of halogens is 3. The Morgan fingerprint density at radius 1 is 0.905 bits per heavy atom. The number of amides is 2. The third-order valence-electron chi connectivity index (χ3n) is 6.61. The van der Waals surface area contributed by atoms with Gasteiger partial charge in [-0.25, -0.2) is 8.42 Å². The van der Waals surface area contributed by atoms with Crippen LogP contribution >= 0.6 is 34.8 Å². The molecule has 1 atom stereocenters. The molecule has 0 bridgehead atoms. The molecule has 0 unspecified atom stereocenters. The first-order chi connectivity index (χ1) is 19.5. The van der Waals surface area contributed by atoms with Gasteiger partial charge in [0.2, 0.25) is 11.8 Å². The standard InChI is InChI=1S/C31H36Cl3N3O4S/c1-7-28(30(39)35-31(4,5)6)36(18-24-25(32)9-8-10-26(24)33)29(38)19-37(22-14-13-21(3)27(34)17-22)42(40,41)23-15-11-20(2)12-16-23/h8-17,28H,7,18-19H2,1-6H3,(H,35,39)/t28-/m1/s1. The number of hydrogen-bond donors (Lipinski definition) is 1. The Balaban J connectivity index is 2.14. The van der Waals surface area contributed by atoms with E-state index in [4.69, 9.17) is 34.8 Å². The lowest BCUT2D eigenvalue weighted by Gasteiger charge is -2.35. The van der Waals surface area contributed by atoms with Crippen LogP contribution in [-0.2, 0) is 26.2 Å². The third-order valence-corrected chi connectivity index (χ3v) is 9.51. The lowest BCUT2D eigenvalue weighted by molar-refractivity contribution is -0.141. The normalized spacial score (nSPS) is 12.5. The smallest absolute Gasteiger partial charge is 0.264 e. The van der Waals surface area contributed by atoms with Gasteiger partial charge in [0, 0.05) is 32.7 Å². The fraction of sp³-hybridized carbons (Fsp3) is 0.355. The molecule has 0 aromatic heterocycles. The van der Waals surface area contributed by atoms with Gasteiger partial charge in [0.25, 0.3) is 10.0 Å².